The summed E-state index contributed by atoms with van der Waals surface area (Å²) in [7, 11) is 3.38. The summed E-state index contributed by atoms with van der Waals surface area (Å²) < 4.78 is 30.4. The van der Waals surface area contributed by atoms with E-state index in [0.29, 0.717) is 19.8 Å². The van der Waals surface area contributed by atoms with Gasteiger partial charge in [0.1, 0.15) is 17.7 Å². The Kier molecular flexibility index (Phi) is 6.04. The topological polar surface area (TPSA) is 43.8 Å². The van der Waals surface area contributed by atoms with Crippen molar-refractivity contribution in [2.45, 2.75) is 19.3 Å². The molecule has 0 unspecified atom stereocenters. The van der Waals surface area contributed by atoms with E-state index in [9.17, 15) is 4.39 Å². The molecule has 0 radical (unpaired) electrons. The van der Waals surface area contributed by atoms with Crippen LogP contribution in [0.5, 0.6) is 5.75 Å². The van der Waals surface area contributed by atoms with Gasteiger partial charge in [-0.15, -0.1) is 0 Å². The first kappa shape index (κ1) is 19.8. The molecule has 152 valence electrons. The van der Waals surface area contributed by atoms with Crippen molar-refractivity contribution in [1.29, 1.82) is 0 Å². The lowest BCUT2D eigenvalue weighted by molar-refractivity contribution is -0.0350. The number of morpholine rings is 1. The van der Waals surface area contributed by atoms with Gasteiger partial charge in [-0.1, -0.05) is 6.07 Å². The van der Waals surface area contributed by atoms with E-state index in [0.717, 1.165) is 46.4 Å². The lowest BCUT2D eigenvalue weighted by Crippen LogP contribution is -2.38. The maximum Gasteiger partial charge on any atom is 0.123 e. The second kappa shape index (κ2) is 8.86. The molecular weight excluding hydrogens is 371 g/mol. The number of fused-ring (bicyclic) bond motifs is 1. The lowest BCUT2D eigenvalue weighted by Gasteiger charge is -2.33. The van der Waals surface area contributed by atoms with Crippen LogP contribution in [0.1, 0.15) is 22.9 Å². The van der Waals surface area contributed by atoms with Crippen molar-refractivity contribution in [1.82, 2.24) is 9.88 Å². The van der Waals surface area contributed by atoms with Crippen LogP contribution in [0.2, 0.25) is 0 Å². The fourth-order valence-corrected chi connectivity index (χ4v) is 3.78. The summed E-state index contributed by atoms with van der Waals surface area (Å²) in [5.74, 6) is 0.621. The predicted molar refractivity (Wildman–Crippen MR) is 109 cm³/mol. The minimum atomic E-state index is -0.246. The Morgan fingerprint density at radius 2 is 2.03 bits per heavy atom. The van der Waals surface area contributed by atoms with E-state index in [1.54, 1.807) is 26.5 Å². The van der Waals surface area contributed by atoms with Crippen LogP contribution < -0.4 is 4.74 Å². The zero-order valence-corrected chi connectivity index (χ0v) is 16.7. The first-order chi connectivity index (χ1) is 14.2. The number of methoxy groups -OCH3 is 2. The Balaban J connectivity index is 1.52. The van der Waals surface area contributed by atoms with Crippen molar-refractivity contribution in [3.05, 3.63) is 71.3 Å². The molecule has 6 heteroatoms. The van der Waals surface area contributed by atoms with E-state index in [1.807, 2.05) is 18.2 Å². The van der Waals surface area contributed by atoms with Crippen molar-refractivity contribution in [2.24, 2.45) is 0 Å². The summed E-state index contributed by atoms with van der Waals surface area (Å²) in [5.41, 5.74) is 3.07. The average Bonchev–Trinajstić information content (AvgIpc) is 2.74. The van der Waals surface area contributed by atoms with E-state index < -0.39 is 0 Å². The standard InChI is InChI=1S/C23H25FN2O3/c1-27-15-16-3-6-22(28-2)19(9-16)13-26-7-8-29-23(14-26)21-11-18-10-20(24)5-4-17(18)12-25-21/h3-6,9-12,23H,7-8,13-15H2,1-2H3/t23-/m1/s1. The Hall–Kier alpha value is -2.54. The van der Waals surface area contributed by atoms with Crippen molar-refractivity contribution in [2.75, 3.05) is 33.9 Å². The lowest BCUT2D eigenvalue weighted by atomic mass is 10.1. The summed E-state index contributed by atoms with van der Waals surface area (Å²) in [6.07, 6.45) is 1.63. The van der Waals surface area contributed by atoms with Crippen LogP contribution in [-0.2, 0) is 22.6 Å². The number of halogens is 1. The van der Waals surface area contributed by atoms with E-state index in [4.69, 9.17) is 14.2 Å². The van der Waals surface area contributed by atoms with Crippen molar-refractivity contribution < 1.29 is 18.6 Å². The van der Waals surface area contributed by atoms with Gasteiger partial charge in [0.05, 0.1) is 26.0 Å². The van der Waals surface area contributed by atoms with Crippen molar-refractivity contribution in [3.8, 4) is 5.75 Å². The van der Waals surface area contributed by atoms with E-state index >= 15 is 0 Å². The molecule has 4 rings (SSSR count). The molecule has 0 N–H and O–H groups in total. The number of aromatic nitrogens is 1. The maximum absolute atomic E-state index is 13.6. The molecule has 2 aromatic carbocycles. The minimum absolute atomic E-state index is 0.149. The number of hydrogen-bond donors (Lipinski definition) is 0. The first-order valence-corrected chi connectivity index (χ1v) is 9.70. The molecule has 1 saturated heterocycles. The largest absolute Gasteiger partial charge is 0.496 e. The van der Waals surface area contributed by atoms with Crippen molar-refractivity contribution in [3.63, 3.8) is 0 Å². The maximum atomic E-state index is 13.6. The van der Waals surface area contributed by atoms with Gasteiger partial charge in [0, 0.05) is 43.9 Å². The molecule has 0 spiro atoms. The molecule has 1 aliphatic rings. The third-order valence-corrected chi connectivity index (χ3v) is 5.24. The van der Waals surface area contributed by atoms with E-state index in [-0.39, 0.29) is 11.9 Å². The van der Waals surface area contributed by atoms with Crippen LogP contribution in [0.4, 0.5) is 4.39 Å². The summed E-state index contributed by atoms with van der Waals surface area (Å²) in [6, 6.07) is 12.8. The van der Waals surface area contributed by atoms with Gasteiger partial charge in [-0.25, -0.2) is 4.39 Å². The Bertz CT molecular complexity index is 995. The number of hydrogen-bond acceptors (Lipinski definition) is 5. The summed E-state index contributed by atoms with van der Waals surface area (Å²) in [4.78, 5) is 6.89. The normalized spacial score (nSPS) is 17.6. The van der Waals surface area contributed by atoms with Crippen LogP contribution in [0, 0.1) is 5.82 Å². The van der Waals surface area contributed by atoms with Gasteiger partial charge < -0.3 is 14.2 Å². The first-order valence-electron chi connectivity index (χ1n) is 9.70. The monoisotopic (exact) mass is 396 g/mol. The predicted octanol–water partition coefficient (Wildman–Crippen LogP) is 4.10. The molecule has 1 fully saturated rings. The van der Waals surface area contributed by atoms with Gasteiger partial charge in [-0.3, -0.25) is 9.88 Å². The zero-order valence-electron chi connectivity index (χ0n) is 16.7. The number of nitrogens with zero attached hydrogens (tertiary/aromatic N) is 2. The fraction of sp³-hybridized carbons (Fsp3) is 0.348. The van der Waals surface area contributed by atoms with Gasteiger partial charge in [-0.05, 0) is 47.3 Å². The zero-order chi connectivity index (χ0) is 20.2. The van der Waals surface area contributed by atoms with Crippen LogP contribution in [0.25, 0.3) is 10.8 Å². The molecule has 0 saturated carbocycles. The molecule has 0 amide bonds. The molecule has 2 heterocycles. The molecule has 1 aliphatic heterocycles. The average molecular weight is 396 g/mol. The highest BCUT2D eigenvalue weighted by molar-refractivity contribution is 5.82. The highest BCUT2D eigenvalue weighted by atomic mass is 19.1. The summed E-state index contributed by atoms with van der Waals surface area (Å²) in [5, 5.41) is 1.76. The van der Waals surface area contributed by atoms with Gasteiger partial charge in [0.2, 0.25) is 0 Å². The third-order valence-electron chi connectivity index (χ3n) is 5.24. The second-order valence-electron chi connectivity index (χ2n) is 7.27. The molecule has 0 aliphatic carbocycles. The van der Waals surface area contributed by atoms with Gasteiger partial charge in [0.25, 0.3) is 0 Å². The quantitative estimate of drug-likeness (QED) is 0.628. The Morgan fingerprint density at radius 3 is 2.86 bits per heavy atom. The van der Waals surface area contributed by atoms with Crippen LogP contribution in [0.15, 0.2) is 48.7 Å². The second-order valence-corrected chi connectivity index (χ2v) is 7.27. The highest BCUT2D eigenvalue weighted by Crippen LogP contribution is 2.27. The minimum Gasteiger partial charge on any atom is -0.496 e. The van der Waals surface area contributed by atoms with Crippen LogP contribution in [0.3, 0.4) is 0 Å². The van der Waals surface area contributed by atoms with Gasteiger partial charge in [0.15, 0.2) is 0 Å². The molecular formula is C23H25FN2O3. The van der Waals surface area contributed by atoms with Gasteiger partial charge in [-0.2, -0.15) is 0 Å². The molecule has 3 aromatic rings. The highest BCUT2D eigenvalue weighted by Gasteiger charge is 2.24. The van der Waals surface area contributed by atoms with Crippen LogP contribution >= 0.6 is 0 Å². The van der Waals surface area contributed by atoms with Gasteiger partial charge >= 0.3 is 0 Å². The van der Waals surface area contributed by atoms with Crippen molar-refractivity contribution >= 4 is 10.8 Å². The van der Waals surface area contributed by atoms with E-state index in [1.165, 1.54) is 12.1 Å². The smallest absolute Gasteiger partial charge is 0.123 e. The molecule has 1 atom stereocenters. The number of benzene rings is 2. The van der Waals surface area contributed by atoms with E-state index in [2.05, 4.69) is 16.0 Å². The third kappa shape index (κ3) is 4.56. The molecule has 29 heavy (non-hydrogen) atoms. The summed E-state index contributed by atoms with van der Waals surface area (Å²) >= 11 is 0. The summed E-state index contributed by atoms with van der Waals surface area (Å²) in [6.45, 7) is 3.48. The SMILES string of the molecule is COCc1ccc(OC)c(CN2CCO[C@@H](c3cc4cc(F)ccc4cn3)C2)c1. The molecule has 5 nitrogen and oxygen atoms in total. The van der Waals surface area contributed by atoms with Crippen LogP contribution in [-0.4, -0.2) is 43.8 Å². The number of rotatable bonds is 6. The number of ether oxygens (including phenoxy) is 3. The molecule has 1 aromatic heterocycles. The molecule has 0 bridgehead atoms. The Morgan fingerprint density at radius 1 is 1.14 bits per heavy atom. The fourth-order valence-electron chi connectivity index (χ4n) is 3.78. The Labute approximate surface area is 170 Å². The number of pyridine rings is 1.